The Bertz CT molecular complexity index is 1250. The number of hydrogen-bond donors (Lipinski definition) is 1. The molecule has 0 aromatic heterocycles. The van der Waals surface area contributed by atoms with Gasteiger partial charge in [0.1, 0.15) is 0 Å². The third-order valence-corrected chi connectivity index (χ3v) is 12.6. The fourth-order valence-electron chi connectivity index (χ4n) is 4.60. The summed E-state index contributed by atoms with van der Waals surface area (Å²) in [6, 6.07) is 7.18. The molecule has 0 spiro atoms. The number of fused-ring (bicyclic) bond motifs is 3. The van der Waals surface area contributed by atoms with Crippen LogP contribution < -0.4 is 14.0 Å². The van der Waals surface area contributed by atoms with Crippen molar-refractivity contribution in [3.63, 3.8) is 0 Å². The summed E-state index contributed by atoms with van der Waals surface area (Å²) >= 11 is -1.63. The van der Waals surface area contributed by atoms with Gasteiger partial charge in [-0.15, -0.1) is 0 Å². The van der Waals surface area contributed by atoms with Gasteiger partial charge < -0.3 is 0 Å². The number of carboxylic acid groups (broad SMARTS) is 1. The minimum absolute atomic E-state index is 0.00396. The summed E-state index contributed by atoms with van der Waals surface area (Å²) in [7, 11) is -3.89. The molecule has 0 unspecified atom stereocenters. The molecule has 2 aliphatic rings. The summed E-state index contributed by atoms with van der Waals surface area (Å²) in [6.45, 7) is 7.58. The van der Waals surface area contributed by atoms with E-state index in [2.05, 4.69) is 9.80 Å². The van der Waals surface area contributed by atoms with Crippen LogP contribution in [0.4, 0.5) is 10.1 Å². The maximum absolute atomic E-state index is 14.0. The van der Waals surface area contributed by atoms with Crippen molar-refractivity contribution in [1.29, 1.82) is 0 Å². The predicted molar refractivity (Wildman–Crippen MR) is 135 cm³/mol. The summed E-state index contributed by atoms with van der Waals surface area (Å²) in [6.07, 6.45) is 5.43. The van der Waals surface area contributed by atoms with Crippen LogP contribution in [0.25, 0.3) is 6.08 Å². The van der Waals surface area contributed by atoms with E-state index in [4.69, 9.17) is 4.74 Å². The number of carboxylic acids is 1. The molecular formula is C25H29AsFN2O5S. The minimum atomic E-state index is -3.89. The van der Waals surface area contributed by atoms with Gasteiger partial charge in [0.2, 0.25) is 0 Å². The molecule has 4 rings (SSSR count). The van der Waals surface area contributed by atoms with E-state index in [0.717, 1.165) is 38.5 Å². The first-order valence-corrected chi connectivity index (χ1v) is 16.4. The Morgan fingerprint density at radius 1 is 1.29 bits per heavy atom. The van der Waals surface area contributed by atoms with Crippen LogP contribution in [0.3, 0.4) is 0 Å². The molecule has 1 fully saturated rings. The van der Waals surface area contributed by atoms with E-state index in [-0.39, 0.29) is 32.2 Å². The van der Waals surface area contributed by atoms with Gasteiger partial charge in [-0.2, -0.15) is 0 Å². The molecule has 1 atom stereocenters. The zero-order valence-electron chi connectivity index (χ0n) is 19.8. The Kier molecular flexibility index (Phi) is 7.89. The predicted octanol–water partition coefficient (Wildman–Crippen LogP) is 2.96. The quantitative estimate of drug-likeness (QED) is 0.470. The summed E-state index contributed by atoms with van der Waals surface area (Å²) in [5, 5.41) is 9.99. The van der Waals surface area contributed by atoms with Crippen LogP contribution in [0.15, 0.2) is 41.3 Å². The molecule has 0 aliphatic carbocycles. The van der Waals surface area contributed by atoms with Crippen molar-refractivity contribution in [2.45, 2.75) is 37.6 Å². The van der Waals surface area contributed by atoms with E-state index in [0.29, 0.717) is 18.8 Å². The summed E-state index contributed by atoms with van der Waals surface area (Å²) < 4.78 is 47.1. The molecule has 10 heteroatoms. The van der Waals surface area contributed by atoms with Crippen LogP contribution in [0.2, 0.25) is 0 Å². The molecule has 35 heavy (non-hydrogen) atoms. The van der Waals surface area contributed by atoms with Crippen LogP contribution in [-0.4, -0.2) is 77.8 Å². The molecule has 0 amide bonds. The van der Waals surface area contributed by atoms with Crippen molar-refractivity contribution < 1.29 is 27.4 Å². The van der Waals surface area contributed by atoms with Gasteiger partial charge in [-0.1, -0.05) is 0 Å². The zero-order chi connectivity index (χ0) is 25.2. The first-order valence-electron chi connectivity index (χ1n) is 11.7. The SMILES string of the molecule is CCN(CC)C/C=C\c1cc(F)ccc1S(=O)(=O)[As]c1ccc2c(c1C(=O)O)OC[C@@H]1CCCN21. The second-order valence-electron chi connectivity index (χ2n) is 8.55. The number of halogens is 1. The Morgan fingerprint density at radius 2 is 2.06 bits per heavy atom. The molecular weight excluding hydrogens is 534 g/mol. The van der Waals surface area contributed by atoms with E-state index in [1.807, 2.05) is 19.9 Å². The Hall–Kier alpha value is -2.35. The van der Waals surface area contributed by atoms with Crippen molar-refractivity contribution in [3.05, 3.63) is 53.4 Å². The molecule has 1 N–H and O–H groups in total. The monoisotopic (exact) mass is 563 g/mol. The molecule has 7 nitrogen and oxygen atoms in total. The number of anilines is 1. The van der Waals surface area contributed by atoms with Crippen molar-refractivity contribution in [3.8, 4) is 5.75 Å². The second kappa shape index (κ2) is 10.7. The van der Waals surface area contributed by atoms with Gasteiger partial charge in [0.05, 0.1) is 0 Å². The van der Waals surface area contributed by atoms with Gasteiger partial charge in [0, 0.05) is 0 Å². The summed E-state index contributed by atoms with van der Waals surface area (Å²) in [5.41, 5.74) is 0.885. The fraction of sp³-hybridized carbons (Fsp3) is 0.400. The summed E-state index contributed by atoms with van der Waals surface area (Å²) in [5.74, 6) is -1.49. The molecule has 187 valence electrons. The third kappa shape index (κ3) is 5.42. The van der Waals surface area contributed by atoms with Crippen LogP contribution in [-0.2, 0) is 8.10 Å². The van der Waals surface area contributed by atoms with E-state index in [1.165, 1.54) is 12.1 Å². The average molecular weight is 564 g/mol. The van der Waals surface area contributed by atoms with Crippen molar-refractivity contribution in [2.24, 2.45) is 0 Å². The molecule has 1 saturated heterocycles. The first kappa shape index (κ1) is 25.7. The van der Waals surface area contributed by atoms with Gasteiger partial charge in [-0.3, -0.25) is 0 Å². The maximum atomic E-state index is 14.0. The number of aromatic carboxylic acids is 1. The second-order valence-corrected chi connectivity index (χ2v) is 15.3. The third-order valence-electron chi connectivity index (χ3n) is 6.46. The van der Waals surface area contributed by atoms with Gasteiger partial charge in [-0.05, 0) is 0 Å². The van der Waals surface area contributed by atoms with Crippen LogP contribution >= 0.6 is 0 Å². The molecule has 0 bridgehead atoms. The molecule has 2 heterocycles. The van der Waals surface area contributed by atoms with Crippen LogP contribution in [0, 0.1) is 5.82 Å². The van der Waals surface area contributed by atoms with Crippen molar-refractivity contribution >= 4 is 44.8 Å². The number of benzene rings is 2. The Balaban J connectivity index is 1.68. The number of likely N-dealkylation sites (N-methyl/N-ethyl adjacent to an activating group) is 1. The topological polar surface area (TPSA) is 87.2 Å². The molecule has 2 aromatic carbocycles. The molecule has 1 radical (unpaired) electrons. The standard InChI is InChI=1S/C25H29AsFN2O5S/c1-3-28(4-2)13-5-7-17-15-18(27)9-12-22(17)35(32,33)26-20-10-11-21-24(23(20)25(30)31)34-16-19-8-6-14-29(19)21/h5,7,9-12,15,19H,3-4,6,8,13-14,16H2,1-2H3,(H,30,31)/b7-5-/t19-/m0/s1. The number of nitrogens with zero attached hydrogens (tertiary/aromatic N) is 2. The number of rotatable bonds is 9. The first-order chi connectivity index (χ1) is 16.7. The van der Waals surface area contributed by atoms with Crippen molar-refractivity contribution in [1.82, 2.24) is 4.90 Å². The van der Waals surface area contributed by atoms with Gasteiger partial charge in [0.15, 0.2) is 0 Å². The van der Waals surface area contributed by atoms with E-state index >= 15 is 0 Å². The van der Waals surface area contributed by atoms with E-state index in [9.17, 15) is 22.7 Å². The average Bonchev–Trinajstić information content (AvgIpc) is 3.30. The van der Waals surface area contributed by atoms with Crippen LogP contribution in [0.1, 0.15) is 42.6 Å². The number of carbonyl (C=O) groups is 1. The molecule has 0 saturated carbocycles. The van der Waals surface area contributed by atoms with Gasteiger partial charge in [0.25, 0.3) is 0 Å². The Morgan fingerprint density at radius 3 is 2.77 bits per heavy atom. The normalized spacial score (nSPS) is 17.8. The number of ether oxygens (including phenoxy) is 1. The molecule has 2 aromatic rings. The zero-order valence-corrected chi connectivity index (χ0v) is 22.5. The van der Waals surface area contributed by atoms with Crippen LogP contribution in [0.5, 0.6) is 5.75 Å². The van der Waals surface area contributed by atoms with E-state index in [1.54, 1.807) is 18.2 Å². The van der Waals surface area contributed by atoms with E-state index < -0.39 is 34.5 Å². The van der Waals surface area contributed by atoms with Gasteiger partial charge in [-0.25, -0.2) is 0 Å². The fourth-order valence-corrected chi connectivity index (χ4v) is 10.6. The number of hydrogen-bond acceptors (Lipinski definition) is 6. The Labute approximate surface area is 211 Å². The van der Waals surface area contributed by atoms with Crippen molar-refractivity contribution in [2.75, 3.05) is 37.7 Å². The molecule has 2 aliphatic heterocycles. The summed E-state index contributed by atoms with van der Waals surface area (Å²) in [4.78, 5) is 16.5. The van der Waals surface area contributed by atoms with Gasteiger partial charge >= 0.3 is 212 Å².